The number of allylic oxidation sites excluding steroid dienone is 9. The van der Waals surface area contributed by atoms with E-state index in [1.54, 1.807) is 36.5 Å². The van der Waals surface area contributed by atoms with Gasteiger partial charge in [0.2, 0.25) is 0 Å². The SMILES string of the molecule is C/C=C/C=C/C(=O)O.C/C=C/C=C/C(=O)O.C/C=C/C=C/C(=O)O.[Sm]. The molecule has 0 aliphatic carbocycles. The van der Waals surface area contributed by atoms with Crippen molar-refractivity contribution < 1.29 is 70.1 Å². The first-order valence-corrected chi connectivity index (χ1v) is 6.88. The fourth-order valence-corrected chi connectivity index (χ4v) is 0.747. The van der Waals surface area contributed by atoms with E-state index in [2.05, 4.69) is 0 Å². The number of aliphatic carboxylic acids is 3. The molecule has 7 heteroatoms. The van der Waals surface area contributed by atoms with Crippen LogP contribution in [0.4, 0.5) is 0 Å². The molecule has 0 aliphatic heterocycles. The van der Waals surface area contributed by atoms with Crippen LogP contribution in [0.3, 0.4) is 0 Å². The Balaban J connectivity index is -0.000000130. The molecular formula is C18H24O6Sm. The first-order valence-electron chi connectivity index (χ1n) is 6.88. The van der Waals surface area contributed by atoms with Gasteiger partial charge in [-0.05, 0) is 20.8 Å². The molecule has 0 amide bonds. The molecule has 25 heavy (non-hydrogen) atoms. The summed E-state index contributed by atoms with van der Waals surface area (Å²) in [7, 11) is 0. The van der Waals surface area contributed by atoms with Crippen LogP contribution in [0.5, 0.6) is 0 Å². The molecule has 0 rings (SSSR count). The summed E-state index contributed by atoms with van der Waals surface area (Å²) in [5.41, 5.74) is 0. The predicted molar refractivity (Wildman–Crippen MR) is 94.8 cm³/mol. The topological polar surface area (TPSA) is 112 Å². The van der Waals surface area contributed by atoms with E-state index in [4.69, 9.17) is 15.3 Å². The molecule has 0 atom stereocenters. The molecule has 0 unspecified atom stereocenters. The number of hydrogen-bond donors (Lipinski definition) is 3. The predicted octanol–water partition coefficient (Wildman–Crippen LogP) is 3.61. The molecule has 0 aromatic rings. The smallest absolute Gasteiger partial charge is 0.328 e. The van der Waals surface area contributed by atoms with Crippen LogP contribution in [0.15, 0.2) is 72.9 Å². The molecule has 0 fully saturated rings. The van der Waals surface area contributed by atoms with Gasteiger partial charge in [-0.3, -0.25) is 0 Å². The van der Waals surface area contributed by atoms with Gasteiger partial charge in [0.25, 0.3) is 0 Å². The van der Waals surface area contributed by atoms with Crippen molar-refractivity contribution in [3.63, 3.8) is 0 Å². The van der Waals surface area contributed by atoms with E-state index in [-0.39, 0.29) is 40.4 Å². The second kappa shape index (κ2) is 27.1. The summed E-state index contributed by atoms with van der Waals surface area (Å²) in [4.78, 5) is 29.3. The van der Waals surface area contributed by atoms with E-state index < -0.39 is 17.9 Å². The summed E-state index contributed by atoms with van der Waals surface area (Å²) in [6.07, 6.45) is 17.9. The van der Waals surface area contributed by atoms with Gasteiger partial charge >= 0.3 is 17.9 Å². The molecule has 0 aromatic heterocycles. The molecule has 0 radical (unpaired) electrons. The van der Waals surface area contributed by atoms with Crippen LogP contribution >= 0.6 is 0 Å². The van der Waals surface area contributed by atoms with Gasteiger partial charge in [-0.15, -0.1) is 0 Å². The molecule has 3 N–H and O–H groups in total. The second-order valence-electron chi connectivity index (χ2n) is 3.67. The summed E-state index contributed by atoms with van der Waals surface area (Å²) in [5.74, 6) is -2.74. The van der Waals surface area contributed by atoms with Gasteiger partial charge in [0, 0.05) is 58.6 Å². The quantitative estimate of drug-likeness (QED) is 0.391. The Labute approximate surface area is 180 Å². The van der Waals surface area contributed by atoms with Crippen molar-refractivity contribution in [2.45, 2.75) is 20.8 Å². The Hall–Kier alpha value is -1.81. The molecule has 0 saturated heterocycles. The van der Waals surface area contributed by atoms with E-state index in [1.807, 2.05) is 20.8 Å². The van der Waals surface area contributed by atoms with E-state index in [1.165, 1.54) is 18.2 Å². The van der Waals surface area contributed by atoms with Crippen molar-refractivity contribution in [3.8, 4) is 0 Å². The maximum Gasteiger partial charge on any atom is 0.328 e. The molecule has 138 valence electrons. The van der Waals surface area contributed by atoms with Crippen molar-refractivity contribution in [1.82, 2.24) is 0 Å². The van der Waals surface area contributed by atoms with Gasteiger partial charge in [0.1, 0.15) is 0 Å². The van der Waals surface area contributed by atoms with Crippen LogP contribution in [-0.2, 0) is 14.4 Å². The molecule has 0 aliphatic rings. The Kier molecular flexibility index (Phi) is 33.6. The Morgan fingerprint density at radius 1 is 0.520 bits per heavy atom. The van der Waals surface area contributed by atoms with Gasteiger partial charge in [0.15, 0.2) is 0 Å². The number of rotatable bonds is 6. The maximum atomic E-state index is 9.75. The average molecular weight is 487 g/mol. The third kappa shape index (κ3) is 52.0. The van der Waals surface area contributed by atoms with Crippen LogP contribution in [0.2, 0.25) is 0 Å². The zero-order valence-electron chi connectivity index (χ0n) is 14.4. The van der Waals surface area contributed by atoms with E-state index in [0.29, 0.717) is 0 Å². The van der Waals surface area contributed by atoms with Crippen molar-refractivity contribution in [2.24, 2.45) is 0 Å². The van der Waals surface area contributed by atoms with Gasteiger partial charge in [-0.1, -0.05) is 54.7 Å². The van der Waals surface area contributed by atoms with Crippen LogP contribution in [0.1, 0.15) is 20.8 Å². The summed E-state index contributed by atoms with van der Waals surface area (Å²) in [5, 5.41) is 24.1. The summed E-state index contributed by atoms with van der Waals surface area (Å²) in [6.45, 7) is 5.48. The molecule has 0 heterocycles. The Morgan fingerprint density at radius 3 is 0.840 bits per heavy atom. The molecule has 0 saturated carbocycles. The Bertz CT molecular complexity index is 450. The van der Waals surface area contributed by atoms with Gasteiger partial charge in [-0.2, -0.15) is 0 Å². The fraction of sp³-hybridized carbons (Fsp3) is 0.167. The van der Waals surface area contributed by atoms with Gasteiger partial charge in [-0.25, -0.2) is 14.4 Å². The minimum absolute atomic E-state index is 0. The fourth-order valence-electron chi connectivity index (χ4n) is 0.747. The zero-order valence-corrected chi connectivity index (χ0v) is 17.0. The standard InChI is InChI=1S/3C6H8O2.Sm/c3*1-2-3-4-5-6(7)8;/h3*2-5H,1H3,(H,7,8);/b3*3-2+,5-4+;. The molecule has 0 bridgehead atoms. The van der Waals surface area contributed by atoms with Gasteiger partial charge < -0.3 is 15.3 Å². The average Bonchev–Trinajstić information content (AvgIpc) is 2.48. The third-order valence-corrected chi connectivity index (χ3v) is 1.63. The molecule has 0 spiro atoms. The van der Waals surface area contributed by atoms with Gasteiger partial charge in [0.05, 0.1) is 0 Å². The number of hydrogen-bond acceptors (Lipinski definition) is 3. The van der Waals surface area contributed by atoms with Crippen molar-refractivity contribution in [1.29, 1.82) is 0 Å². The van der Waals surface area contributed by atoms with E-state index in [9.17, 15) is 14.4 Å². The largest absolute Gasteiger partial charge is 0.478 e. The Morgan fingerprint density at radius 2 is 0.720 bits per heavy atom. The number of carbonyl (C=O) groups is 3. The minimum Gasteiger partial charge on any atom is -0.478 e. The normalized spacial score (nSPS) is 10.7. The molecule has 6 nitrogen and oxygen atoms in total. The number of carboxylic acid groups (broad SMARTS) is 3. The molecular weight excluding hydrogens is 463 g/mol. The van der Waals surface area contributed by atoms with E-state index >= 15 is 0 Å². The van der Waals surface area contributed by atoms with Crippen molar-refractivity contribution >= 4 is 17.9 Å². The van der Waals surface area contributed by atoms with Crippen molar-refractivity contribution in [2.75, 3.05) is 0 Å². The van der Waals surface area contributed by atoms with Crippen LogP contribution in [0.25, 0.3) is 0 Å². The molecule has 0 aromatic carbocycles. The summed E-state index contributed by atoms with van der Waals surface area (Å²) in [6, 6.07) is 0. The summed E-state index contributed by atoms with van der Waals surface area (Å²) >= 11 is 0. The third-order valence-electron chi connectivity index (χ3n) is 1.63. The van der Waals surface area contributed by atoms with Crippen LogP contribution < -0.4 is 0 Å². The minimum atomic E-state index is -0.914. The van der Waals surface area contributed by atoms with E-state index in [0.717, 1.165) is 18.2 Å². The first kappa shape index (κ1) is 31.0. The van der Waals surface area contributed by atoms with Crippen LogP contribution in [-0.4, -0.2) is 33.2 Å². The maximum absolute atomic E-state index is 9.75. The monoisotopic (exact) mass is 488 g/mol. The van der Waals surface area contributed by atoms with Crippen molar-refractivity contribution in [3.05, 3.63) is 72.9 Å². The van der Waals surface area contributed by atoms with Crippen LogP contribution in [0, 0.1) is 40.4 Å². The second-order valence-corrected chi connectivity index (χ2v) is 3.67. The zero-order chi connectivity index (χ0) is 19.2. The first-order chi connectivity index (χ1) is 11.3. The summed E-state index contributed by atoms with van der Waals surface area (Å²) < 4.78 is 0. The number of carboxylic acids is 3.